The first-order chi connectivity index (χ1) is 9.08. The van der Waals surface area contributed by atoms with Crippen molar-refractivity contribution in [3.63, 3.8) is 0 Å². The van der Waals surface area contributed by atoms with Crippen molar-refractivity contribution in [2.75, 3.05) is 33.9 Å². The largest absolute Gasteiger partial charge is 0.380 e. The quantitative estimate of drug-likeness (QED) is 0.491. The molecular formula is C13H23BrN4O. The summed E-state index contributed by atoms with van der Waals surface area (Å²) in [6, 6.07) is 2.12. The van der Waals surface area contributed by atoms with Gasteiger partial charge in [-0.05, 0) is 28.9 Å². The van der Waals surface area contributed by atoms with Crippen molar-refractivity contribution in [3.8, 4) is 0 Å². The Kier molecular flexibility index (Phi) is 6.94. The molecule has 1 aromatic rings. The molecule has 0 unspecified atom stereocenters. The SMILES string of the molecule is CCOCCNC(=NC)N(C)Cc1cc(Br)cn1C. The molecule has 0 aliphatic rings. The highest BCUT2D eigenvalue weighted by Crippen LogP contribution is 2.14. The van der Waals surface area contributed by atoms with Crippen LogP contribution in [0.2, 0.25) is 0 Å². The molecule has 0 amide bonds. The van der Waals surface area contributed by atoms with Gasteiger partial charge in [0, 0.05) is 50.7 Å². The zero-order chi connectivity index (χ0) is 14.3. The number of nitrogens with one attached hydrogen (secondary N) is 1. The first-order valence-corrected chi connectivity index (χ1v) is 7.18. The monoisotopic (exact) mass is 330 g/mol. The van der Waals surface area contributed by atoms with Crippen LogP contribution in [0, 0.1) is 0 Å². The average Bonchev–Trinajstić information content (AvgIpc) is 2.68. The van der Waals surface area contributed by atoms with Gasteiger partial charge in [0.05, 0.1) is 13.2 Å². The van der Waals surface area contributed by atoms with Crippen LogP contribution < -0.4 is 5.32 Å². The van der Waals surface area contributed by atoms with Crippen molar-refractivity contribution >= 4 is 21.9 Å². The fourth-order valence-corrected chi connectivity index (χ4v) is 2.38. The Bertz CT molecular complexity index is 417. The Morgan fingerprint density at radius 2 is 2.32 bits per heavy atom. The number of aryl methyl sites for hydroxylation is 1. The summed E-state index contributed by atoms with van der Waals surface area (Å²) in [5, 5.41) is 3.28. The second-order valence-electron chi connectivity index (χ2n) is 4.29. The van der Waals surface area contributed by atoms with E-state index in [9.17, 15) is 0 Å². The van der Waals surface area contributed by atoms with Gasteiger partial charge in [0.25, 0.3) is 0 Å². The van der Waals surface area contributed by atoms with Gasteiger partial charge in [0.1, 0.15) is 0 Å². The number of hydrogen-bond acceptors (Lipinski definition) is 2. The Labute approximate surface area is 123 Å². The molecule has 1 N–H and O–H groups in total. The van der Waals surface area contributed by atoms with Gasteiger partial charge >= 0.3 is 0 Å². The summed E-state index contributed by atoms with van der Waals surface area (Å²) in [7, 11) is 5.86. The summed E-state index contributed by atoms with van der Waals surface area (Å²) >= 11 is 3.48. The van der Waals surface area contributed by atoms with E-state index in [2.05, 4.69) is 48.0 Å². The minimum absolute atomic E-state index is 0.694. The van der Waals surface area contributed by atoms with Gasteiger partial charge in [-0.3, -0.25) is 4.99 Å². The maximum Gasteiger partial charge on any atom is 0.193 e. The Hall–Kier alpha value is -1.01. The van der Waals surface area contributed by atoms with Crippen LogP contribution in [0.4, 0.5) is 0 Å². The van der Waals surface area contributed by atoms with E-state index in [1.807, 2.05) is 21.0 Å². The molecule has 0 saturated heterocycles. The van der Waals surface area contributed by atoms with Crippen molar-refractivity contribution < 1.29 is 4.74 Å². The third kappa shape index (κ3) is 5.24. The Balaban J connectivity index is 2.50. The molecule has 5 nitrogen and oxygen atoms in total. The summed E-state index contributed by atoms with van der Waals surface area (Å²) in [5.41, 5.74) is 1.22. The van der Waals surface area contributed by atoms with Gasteiger partial charge in [-0.15, -0.1) is 0 Å². The smallest absolute Gasteiger partial charge is 0.193 e. The van der Waals surface area contributed by atoms with Gasteiger partial charge in [-0.1, -0.05) is 0 Å². The number of nitrogens with zero attached hydrogens (tertiary/aromatic N) is 3. The van der Waals surface area contributed by atoms with Crippen LogP contribution in [0.15, 0.2) is 21.7 Å². The van der Waals surface area contributed by atoms with Gasteiger partial charge < -0.3 is 19.5 Å². The maximum atomic E-state index is 5.30. The van der Waals surface area contributed by atoms with E-state index < -0.39 is 0 Å². The van der Waals surface area contributed by atoms with Gasteiger partial charge in [-0.25, -0.2) is 0 Å². The van der Waals surface area contributed by atoms with E-state index >= 15 is 0 Å². The number of ether oxygens (including phenoxy) is 1. The molecule has 0 fully saturated rings. The van der Waals surface area contributed by atoms with Crippen molar-refractivity contribution in [1.82, 2.24) is 14.8 Å². The van der Waals surface area contributed by atoms with Crippen LogP contribution in [0.25, 0.3) is 0 Å². The van der Waals surface area contributed by atoms with Gasteiger partial charge in [-0.2, -0.15) is 0 Å². The van der Waals surface area contributed by atoms with E-state index in [0.717, 1.165) is 30.1 Å². The van der Waals surface area contributed by atoms with Gasteiger partial charge in [0.2, 0.25) is 0 Å². The number of aliphatic imine (C=N–C) groups is 1. The Morgan fingerprint density at radius 1 is 1.58 bits per heavy atom. The molecular weight excluding hydrogens is 308 g/mol. The molecule has 0 spiro atoms. The van der Waals surface area contributed by atoms with Crippen LogP contribution in [-0.4, -0.2) is 49.3 Å². The minimum Gasteiger partial charge on any atom is -0.380 e. The standard InChI is InChI=1S/C13H23BrN4O/c1-5-19-7-6-16-13(15-2)18(4)10-12-8-11(14)9-17(12)3/h8-9H,5-7,10H2,1-4H3,(H,15,16). The lowest BCUT2D eigenvalue weighted by molar-refractivity contribution is 0.152. The molecule has 6 heteroatoms. The minimum atomic E-state index is 0.694. The molecule has 0 aliphatic carbocycles. The van der Waals surface area contributed by atoms with Crippen LogP contribution in [0.1, 0.15) is 12.6 Å². The second kappa shape index (κ2) is 8.22. The highest BCUT2D eigenvalue weighted by atomic mass is 79.9. The summed E-state index contributed by atoms with van der Waals surface area (Å²) in [6.45, 7) is 5.00. The van der Waals surface area contributed by atoms with Crippen molar-refractivity contribution in [2.45, 2.75) is 13.5 Å². The lowest BCUT2D eigenvalue weighted by atomic mass is 10.4. The molecule has 0 radical (unpaired) electrons. The molecule has 0 saturated carbocycles. The lowest BCUT2D eigenvalue weighted by Crippen LogP contribution is -2.40. The normalized spacial score (nSPS) is 11.7. The molecule has 19 heavy (non-hydrogen) atoms. The third-order valence-electron chi connectivity index (χ3n) is 2.78. The molecule has 0 aromatic carbocycles. The fourth-order valence-electron chi connectivity index (χ4n) is 1.81. The molecule has 1 heterocycles. The second-order valence-corrected chi connectivity index (χ2v) is 5.20. The number of rotatable bonds is 6. The predicted molar refractivity (Wildman–Crippen MR) is 82.4 cm³/mol. The highest BCUT2D eigenvalue weighted by Gasteiger charge is 2.09. The first kappa shape index (κ1) is 16.0. The zero-order valence-corrected chi connectivity index (χ0v) is 13.7. The third-order valence-corrected chi connectivity index (χ3v) is 3.21. The number of halogens is 1. The summed E-state index contributed by atoms with van der Waals surface area (Å²) in [5.74, 6) is 0.872. The van der Waals surface area contributed by atoms with Crippen molar-refractivity contribution in [2.24, 2.45) is 12.0 Å². The number of guanidine groups is 1. The Morgan fingerprint density at radius 3 is 2.84 bits per heavy atom. The molecule has 0 bridgehead atoms. The molecule has 1 rings (SSSR count). The van der Waals surface area contributed by atoms with E-state index in [0.29, 0.717) is 6.61 Å². The van der Waals surface area contributed by atoms with E-state index in [1.165, 1.54) is 5.69 Å². The first-order valence-electron chi connectivity index (χ1n) is 6.38. The van der Waals surface area contributed by atoms with Crippen LogP contribution in [0.5, 0.6) is 0 Å². The highest BCUT2D eigenvalue weighted by molar-refractivity contribution is 9.10. The zero-order valence-electron chi connectivity index (χ0n) is 12.1. The number of aromatic nitrogens is 1. The summed E-state index contributed by atoms with van der Waals surface area (Å²) in [6.07, 6.45) is 2.05. The average molecular weight is 331 g/mol. The predicted octanol–water partition coefficient (Wildman–Crippen LogP) is 1.83. The summed E-state index contributed by atoms with van der Waals surface area (Å²) in [4.78, 5) is 6.36. The van der Waals surface area contributed by atoms with E-state index in [4.69, 9.17) is 4.74 Å². The molecule has 0 atom stereocenters. The molecule has 108 valence electrons. The maximum absolute atomic E-state index is 5.30. The van der Waals surface area contributed by atoms with Crippen molar-refractivity contribution in [1.29, 1.82) is 0 Å². The van der Waals surface area contributed by atoms with E-state index in [-0.39, 0.29) is 0 Å². The summed E-state index contributed by atoms with van der Waals surface area (Å²) < 4.78 is 8.50. The molecule has 1 aromatic heterocycles. The van der Waals surface area contributed by atoms with Crippen LogP contribution >= 0.6 is 15.9 Å². The molecule has 0 aliphatic heterocycles. The van der Waals surface area contributed by atoms with Crippen LogP contribution in [-0.2, 0) is 18.3 Å². The van der Waals surface area contributed by atoms with E-state index in [1.54, 1.807) is 7.05 Å². The fraction of sp³-hybridized carbons (Fsp3) is 0.615. The lowest BCUT2D eigenvalue weighted by Gasteiger charge is -2.22. The topological polar surface area (TPSA) is 41.8 Å². The van der Waals surface area contributed by atoms with Gasteiger partial charge in [0.15, 0.2) is 5.96 Å². The van der Waals surface area contributed by atoms with Crippen molar-refractivity contribution in [3.05, 3.63) is 22.4 Å². The van der Waals surface area contributed by atoms with Crippen LogP contribution in [0.3, 0.4) is 0 Å². The number of hydrogen-bond donors (Lipinski definition) is 1.